The second-order valence-corrected chi connectivity index (χ2v) is 9.96. The smallest absolute Gasteiger partial charge is 0.243 e. The fourth-order valence-electron chi connectivity index (χ4n) is 3.94. The predicted molar refractivity (Wildman–Crippen MR) is 118 cm³/mol. The number of aliphatic hydroxyl groups is 1. The van der Waals surface area contributed by atoms with E-state index in [1.165, 1.54) is 0 Å². The summed E-state index contributed by atoms with van der Waals surface area (Å²) in [5.74, 6) is -0.0610. The molecule has 156 valence electrons. The van der Waals surface area contributed by atoms with Gasteiger partial charge in [-0.2, -0.15) is 4.31 Å². The number of aryl methyl sites for hydroxylation is 1. The molecule has 1 aliphatic rings. The van der Waals surface area contributed by atoms with E-state index in [1.54, 1.807) is 16.4 Å². The van der Waals surface area contributed by atoms with E-state index >= 15 is 0 Å². The maximum Gasteiger partial charge on any atom is 0.243 e. The summed E-state index contributed by atoms with van der Waals surface area (Å²) in [7, 11) is -3.67. The van der Waals surface area contributed by atoms with Crippen LogP contribution in [0.4, 0.5) is 0 Å². The van der Waals surface area contributed by atoms with Crippen LogP contribution in [0.3, 0.4) is 0 Å². The number of aliphatic hydroxyl groups excluding tert-OH is 1. The van der Waals surface area contributed by atoms with Gasteiger partial charge in [-0.05, 0) is 43.0 Å². The van der Waals surface area contributed by atoms with E-state index in [1.807, 2.05) is 79.7 Å². The fraction of sp³-hybridized carbons (Fsp3) is 0.280. The summed E-state index contributed by atoms with van der Waals surface area (Å²) in [4.78, 5) is 0.298. The van der Waals surface area contributed by atoms with Gasteiger partial charge in [-0.15, -0.1) is 0 Å². The second kappa shape index (κ2) is 8.72. The molecule has 0 radical (unpaired) electrons. The lowest BCUT2D eigenvalue weighted by Gasteiger charge is -2.24. The van der Waals surface area contributed by atoms with Gasteiger partial charge in [0.2, 0.25) is 10.0 Å². The number of hydrogen-bond acceptors (Lipinski definition) is 3. The Morgan fingerprint density at radius 3 is 2.07 bits per heavy atom. The van der Waals surface area contributed by atoms with Crippen molar-refractivity contribution in [3.05, 3.63) is 102 Å². The van der Waals surface area contributed by atoms with Crippen molar-refractivity contribution in [3.63, 3.8) is 0 Å². The molecular formula is C25H27NO3S. The number of hydrogen-bond donors (Lipinski definition) is 1. The van der Waals surface area contributed by atoms with Crippen molar-refractivity contribution < 1.29 is 13.5 Å². The summed E-state index contributed by atoms with van der Waals surface area (Å²) in [5, 5.41) is 10.8. The van der Waals surface area contributed by atoms with Crippen LogP contribution in [-0.4, -0.2) is 30.0 Å². The zero-order chi connectivity index (χ0) is 21.1. The summed E-state index contributed by atoms with van der Waals surface area (Å²) in [6, 6.07) is 26.3. The highest BCUT2D eigenvalue weighted by Gasteiger charge is 2.50. The van der Waals surface area contributed by atoms with Gasteiger partial charge in [0.1, 0.15) is 0 Å². The third-order valence-electron chi connectivity index (χ3n) is 5.77. The lowest BCUT2D eigenvalue weighted by atomic mass is 10.0. The average Bonchev–Trinajstić information content (AvgIpc) is 3.54. The van der Waals surface area contributed by atoms with Crippen molar-refractivity contribution in [2.75, 3.05) is 0 Å². The molecule has 0 unspecified atom stereocenters. The SMILES string of the molecule is Cc1ccc(S(=O)(=O)N(Cc2ccccc2)[C@@H]2C[C@H]2[C@H](O)Cc2ccccc2)cc1. The highest BCUT2D eigenvalue weighted by molar-refractivity contribution is 7.89. The number of benzene rings is 3. The van der Waals surface area contributed by atoms with Gasteiger partial charge >= 0.3 is 0 Å². The monoisotopic (exact) mass is 421 g/mol. The molecule has 1 fully saturated rings. The Morgan fingerprint density at radius 2 is 1.47 bits per heavy atom. The average molecular weight is 422 g/mol. The Kier molecular flexibility index (Phi) is 6.04. The summed E-state index contributed by atoms with van der Waals surface area (Å²) >= 11 is 0. The van der Waals surface area contributed by atoms with Gasteiger partial charge in [0.15, 0.2) is 0 Å². The highest BCUT2D eigenvalue weighted by atomic mass is 32.2. The normalized spacial score (nSPS) is 19.6. The van der Waals surface area contributed by atoms with Gasteiger partial charge in [0, 0.05) is 18.5 Å². The topological polar surface area (TPSA) is 57.6 Å². The Labute approximate surface area is 178 Å². The zero-order valence-electron chi connectivity index (χ0n) is 17.1. The first-order valence-corrected chi connectivity index (χ1v) is 11.7. The third-order valence-corrected chi connectivity index (χ3v) is 7.65. The molecule has 1 aliphatic carbocycles. The maximum absolute atomic E-state index is 13.5. The number of nitrogens with zero attached hydrogens (tertiary/aromatic N) is 1. The molecule has 0 heterocycles. The van der Waals surface area contributed by atoms with Crippen LogP contribution in [0.1, 0.15) is 23.1 Å². The molecule has 4 rings (SSSR count). The van der Waals surface area contributed by atoms with Crippen molar-refractivity contribution in [1.82, 2.24) is 4.31 Å². The minimum Gasteiger partial charge on any atom is -0.392 e. The van der Waals surface area contributed by atoms with E-state index in [9.17, 15) is 13.5 Å². The summed E-state index contributed by atoms with van der Waals surface area (Å²) in [6.45, 7) is 2.24. The van der Waals surface area contributed by atoms with Crippen LogP contribution in [0.2, 0.25) is 0 Å². The molecule has 3 atom stereocenters. The van der Waals surface area contributed by atoms with Crippen molar-refractivity contribution in [2.24, 2.45) is 5.92 Å². The molecular weight excluding hydrogens is 394 g/mol. The molecule has 3 aromatic rings. The van der Waals surface area contributed by atoms with Crippen molar-refractivity contribution in [3.8, 4) is 0 Å². The van der Waals surface area contributed by atoms with Gasteiger partial charge in [-0.1, -0.05) is 78.4 Å². The molecule has 0 amide bonds. The largest absolute Gasteiger partial charge is 0.392 e. The van der Waals surface area contributed by atoms with Crippen molar-refractivity contribution in [1.29, 1.82) is 0 Å². The summed E-state index contributed by atoms with van der Waals surface area (Å²) in [5.41, 5.74) is 3.02. The minimum atomic E-state index is -3.67. The van der Waals surface area contributed by atoms with Crippen LogP contribution in [0.25, 0.3) is 0 Å². The second-order valence-electron chi connectivity index (χ2n) is 8.07. The van der Waals surface area contributed by atoms with E-state index in [4.69, 9.17) is 0 Å². The summed E-state index contributed by atoms with van der Waals surface area (Å²) < 4.78 is 28.6. The van der Waals surface area contributed by atoms with Gasteiger partial charge in [-0.3, -0.25) is 0 Å². The van der Waals surface area contributed by atoms with Crippen LogP contribution in [0.15, 0.2) is 89.8 Å². The first-order chi connectivity index (χ1) is 14.4. The molecule has 30 heavy (non-hydrogen) atoms. The standard InChI is InChI=1S/C25H27NO3S/c1-19-12-14-22(15-13-19)30(28,29)26(18-21-10-6-3-7-11-21)24-17-23(24)25(27)16-20-8-4-2-5-9-20/h2-15,23-25,27H,16-18H2,1H3/t23-,24-,25-/m1/s1. The zero-order valence-corrected chi connectivity index (χ0v) is 17.9. The van der Waals surface area contributed by atoms with E-state index in [0.717, 1.165) is 16.7 Å². The molecule has 0 bridgehead atoms. The van der Waals surface area contributed by atoms with Gasteiger partial charge < -0.3 is 5.11 Å². The molecule has 0 aromatic heterocycles. The van der Waals surface area contributed by atoms with Crippen LogP contribution < -0.4 is 0 Å². The Hall–Kier alpha value is -2.47. The highest BCUT2D eigenvalue weighted by Crippen LogP contribution is 2.43. The molecule has 1 saturated carbocycles. The Morgan fingerprint density at radius 1 is 0.900 bits per heavy atom. The molecule has 4 nitrogen and oxygen atoms in total. The van der Waals surface area contributed by atoms with E-state index < -0.39 is 16.1 Å². The number of rotatable bonds is 8. The molecule has 3 aromatic carbocycles. The van der Waals surface area contributed by atoms with Crippen LogP contribution >= 0.6 is 0 Å². The van der Waals surface area contributed by atoms with Gasteiger partial charge in [0.05, 0.1) is 11.0 Å². The fourth-order valence-corrected chi connectivity index (χ4v) is 5.61. The summed E-state index contributed by atoms with van der Waals surface area (Å²) in [6.07, 6.45) is 0.640. The maximum atomic E-state index is 13.5. The first-order valence-electron chi connectivity index (χ1n) is 10.3. The quantitative estimate of drug-likeness (QED) is 0.594. The van der Waals surface area contributed by atoms with Gasteiger partial charge in [0.25, 0.3) is 0 Å². The van der Waals surface area contributed by atoms with Crippen LogP contribution in [0.5, 0.6) is 0 Å². The predicted octanol–water partition coefficient (Wildman–Crippen LogP) is 4.18. The first kappa shape index (κ1) is 20.8. The number of sulfonamides is 1. The molecule has 1 N–H and O–H groups in total. The Bertz CT molecular complexity index is 1070. The van der Waals surface area contributed by atoms with E-state index in [0.29, 0.717) is 24.3 Å². The molecule has 0 aliphatic heterocycles. The van der Waals surface area contributed by atoms with Crippen molar-refractivity contribution in [2.45, 2.75) is 43.4 Å². The van der Waals surface area contributed by atoms with Crippen LogP contribution in [0, 0.1) is 12.8 Å². The molecule has 0 spiro atoms. The Balaban J connectivity index is 1.57. The van der Waals surface area contributed by atoms with Crippen molar-refractivity contribution >= 4 is 10.0 Å². The minimum absolute atomic E-state index is 0.0610. The van der Waals surface area contributed by atoms with E-state index in [-0.39, 0.29) is 12.0 Å². The van der Waals surface area contributed by atoms with Gasteiger partial charge in [-0.25, -0.2) is 8.42 Å². The van der Waals surface area contributed by atoms with Crippen LogP contribution in [-0.2, 0) is 23.0 Å². The third kappa shape index (κ3) is 4.64. The molecule has 0 saturated heterocycles. The molecule has 5 heteroatoms. The van der Waals surface area contributed by atoms with E-state index in [2.05, 4.69) is 0 Å². The lowest BCUT2D eigenvalue weighted by Crippen LogP contribution is -2.35. The lowest BCUT2D eigenvalue weighted by molar-refractivity contribution is 0.141.